The van der Waals surface area contributed by atoms with Crippen molar-refractivity contribution in [3.63, 3.8) is 0 Å². The van der Waals surface area contributed by atoms with Crippen LogP contribution in [0.3, 0.4) is 0 Å². The minimum atomic E-state index is -0.403. The van der Waals surface area contributed by atoms with Crippen LogP contribution in [0.2, 0.25) is 0 Å². The number of primary amides is 1. The molecule has 2 aliphatic rings. The first-order chi connectivity index (χ1) is 9.36. The topological polar surface area (TPSA) is 86.5 Å². The van der Waals surface area contributed by atoms with Crippen LogP contribution in [0.25, 0.3) is 0 Å². The highest BCUT2D eigenvalue weighted by Crippen LogP contribution is 2.37. The van der Waals surface area contributed by atoms with Crippen molar-refractivity contribution in [3.8, 4) is 0 Å². The van der Waals surface area contributed by atoms with Gasteiger partial charge in [-0.25, -0.2) is 0 Å². The molecule has 5 nitrogen and oxygen atoms in total. The van der Waals surface area contributed by atoms with Crippen molar-refractivity contribution < 1.29 is 19.1 Å². The van der Waals surface area contributed by atoms with Gasteiger partial charge in [-0.15, -0.1) is 0 Å². The van der Waals surface area contributed by atoms with Crippen molar-refractivity contribution in [3.05, 3.63) is 0 Å². The predicted molar refractivity (Wildman–Crippen MR) is 72.5 cm³/mol. The van der Waals surface area contributed by atoms with Crippen LogP contribution in [-0.2, 0) is 19.1 Å². The van der Waals surface area contributed by atoms with E-state index in [2.05, 4.69) is 6.92 Å². The molecule has 0 aromatic carbocycles. The van der Waals surface area contributed by atoms with Gasteiger partial charge in [-0.2, -0.15) is 0 Å². The number of ketones is 1. The number of rotatable bonds is 3. The molecule has 0 bridgehead atoms. The van der Waals surface area contributed by atoms with E-state index in [0.29, 0.717) is 12.3 Å². The number of carbonyl (C=O) groups is 3. The molecule has 1 aliphatic heterocycles. The fourth-order valence-electron chi connectivity index (χ4n) is 3.67. The first kappa shape index (κ1) is 15.0. The Labute approximate surface area is 119 Å². The first-order valence-corrected chi connectivity index (χ1v) is 7.38. The zero-order chi connectivity index (χ0) is 14.9. The second-order valence-electron chi connectivity index (χ2n) is 6.49. The van der Waals surface area contributed by atoms with Gasteiger partial charge < -0.3 is 10.5 Å². The second kappa shape index (κ2) is 5.94. The van der Waals surface area contributed by atoms with E-state index in [1.165, 1.54) is 0 Å². The van der Waals surface area contributed by atoms with E-state index in [1.54, 1.807) is 0 Å². The maximum absolute atomic E-state index is 12.3. The van der Waals surface area contributed by atoms with Crippen molar-refractivity contribution in [2.75, 3.05) is 0 Å². The van der Waals surface area contributed by atoms with Crippen LogP contribution < -0.4 is 5.73 Å². The average molecular weight is 281 g/mol. The molecule has 0 aromatic rings. The van der Waals surface area contributed by atoms with Gasteiger partial charge in [0.05, 0.1) is 5.92 Å². The Bertz CT molecular complexity index is 418. The third kappa shape index (κ3) is 3.38. The summed E-state index contributed by atoms with van der Waals surface area (Å²) < 4.78 is 5.39. The van der Waals surface area contributed by atoms with Gasteiger partial charge in [0.2, 0.25) is 5.91 Å². The number of Topliss-reactive ketones (excluding diaryl/α,β-unsaturated/α-hetero) is 1. The highest BCUT2D eigenvalue weighted by atomic mass is 16.5. The molecule has 1 heterocycles. The third-order valence-electron chi connectivity index (χ3n) is 4.51. The Morgan fingerprint density at radius 1 is 1.25 bits per heavy atom. The molecule has 1 amide bonds. The van der Waals surface area contributed by atoms with E-state index in [9.17, 15) is 14.4 Å². The van der Waals surface area contributed by atoms with Crippen LogP contribution in [-0.4, -0.2) is 23.8 Å². The molecular weight excluding hydrogens is 258 g/mol. The zero-order valence-electron chi connectivity index (χ0n) is 12.1. The standard InChI is InChI=1S/C15H23NO4/c1-8-3-9(2)15(19)11(4-8)12-5-10(6-13(16)17)7-14(18)20-12/h8-12H,3-7H2,1-2H3,(H2,16,17). The van der Waals surface area contributed by atoms with Crippen molar-refractivity contribution >= 4 is 17.7 Å². The summed E-state index contributed by atoms with van der Waals surface area (Å²) in [5, 5.41) is 0. The quantitative estimate of drug-likeness (QED) is 0.793. The van der Waals surface area contributed by atoms with Crippen molar-refractivity contribution in [1.82, 2.24) is 0 Å². The summed E-state index contributed by atoms with van der Waals surface area (Å²) in [7, 11) is 0. The lowest BCUT2D eigenvalue weighted by Gasteiger charge is -2.38. The largest absolute Gasteiger partial charge is 0.462 e. The van der Waals surface area contributed by atoms with Crippen LogP contribution in [0.1, 0.15) is 46.0 Å². The smallest absolute Gasteiger partial charge is 0.306 e. The Morgan fingerprint density at radius 2 is 1.95 bits per heavy atom. The molecule has 0 radical (unpaired) electrons. The Hall–Kier alpha value is -1.39. The first-order valence-electron chi connectivity index (χ1n) is 7.38. The number of ether oxygens (including phenoxy) is 1. The molecule has 112 valence electrons. The van der Waals surface area contributed by atoms with E-state index in [1.807, 2.05) is 6.92 Å². The van der Waals surface area contributed by atoms with E-state index >= 15 is 0 Å². The fraction of sp³-hybridized carbons (Fsp3) is 0.800. The number of esters is 1. The minimum Gasteiger partial charge on any atom is -0.462 e. The maximum Gasteiger partial charge on any atom is 0.306 e. The molecule has 5 heteroatoms. The summed E-state index contributed by atoms with van der Waals surface area (Å²) in [5.41, 5.74) is 5.21. The van der Waals surface area contributed by atoms with Gasteiger partial charge in [-0.05, 0) is 31.1 Å². The highest BCUT2D eigenvalue weighted by molar-refractivity contribution is 5.85. The Balaban J connectivity index is 2.08. The number of amides is 1. The normalized spacial score (nSPS) is 38.4. The second-order valence-corrected chi connectivity index (χ2v) is 6.49. The van der Waals surface area contributed by atoms with Gasteiger partial charge in [0, 0.05) is 18.8 Å². The van der Waals surface area contributed by atoms with Gasteiger partial charge in [-0.1, -0.05) is 13.8 Å². The van der Waals surface area contributed by atoms with Gasteiger partial charge >= 0.3 is 5.97 Å². The lowest BCUT2D eigenvalue weighted by atomic mass is 9.71. The van der Waals surface area contributed by atoms with E-state index < -0.39 is 5.91 Å². The van der Waals surface area contributed by atoms with Gasteiger partial charge in [0.15, 0.2) is 0 Å². The van der Waals surface area contributed by atoms with Crippen LogP contribution >= 0.6 is 0 Å². The van der Waals surface area contributed by atoms with Gasteiger partial charge in [0.25, 0.3) is 0 Å². The number of hydrogen-bond donors (Lipinski definition) is 1. The van der Waals surface area contributed by atoms with E-state index in [0.717, 1.165) is 12.8 Å². The van der Waals surface area contributed by atoms with Crippen molar-refractivity contribution in [1.29, 1.82) is 0 Å². The summed E-state index contributed by atoms with van der Waals surface area (Å²) in [4.78, 5) is 35.0. The van der Waals surface area contributed by atoms with Gasteiger partial charge in [0.1, 0.15) is 11.9 Å². The molecule has 2 N–H and O–H groups in total. The predicted octanol–water partition coefficient (Wildman–Crippen LogP) is 1.43. The van der Waals surface area contributed by atoms with Crippen LogP contribution in [0.5, 0.6) is 0 Å². The molecule has 1 saturated heterocycles. The van der Waals surface area contributed by atoms with E-state index in [-0.39, 0.29) is 48.5 Å². The lowest BCUT2D eigenvalue weighted by molar-refractivity contribution is -0.164. The number of carbonyl (C=O) groups excluding carboxylic acids is 3. The fourth-order valence-corrected chi connectivity index (χ4v) is 3.67. The Kier molecular flexibility index (Phi) is 4.45. The summed E-state index contributed by atoms with van der Waals surface area (Å²) in [6.45, 7) is 4.07. The summed E-state index contributed by atoms with van der Waals surface area (Å²) in [5.74, 6) is -0.332. The molecular formula is C15H23NO4. The van der Waals surface area contributed by atoms with Crippen molar-refractivity contribution in [2.45, 2.75) is 52.1 Å². The molecule has 1 aliphatic carbocycles. The summed E-state index contributed by atoms with van der Waals surface area (Å²) in [6.07, 6.45) is 2.29. The molecule has 5 atom stereocenters. The number of cyclic esters (lactones) is 1. The molecule has 2 fully saturated rings. The summed E-state index contributed by atoms with van der Waals surface area (Å²) >= 11 is 0. The third-order valence-corrected chi connectivity index (χ3v) is 4.51. The molecule has 2 rings (SSSR count). The molecule has 20 heavy (non-hydrogen) atoms. The highest BCUT2D eigenvalue weighted by Gasteiger charge is 2.42. The van der Waals surface area contributed by atoms with Crippen LogP contribution in [0.4, 0.5) is 0 Å². The van der Waals surface area contributed by atoms with Crippen LogP contribution in [0.15, 0.2) is 0 Å². The maximum atomic E-state index is 12.3. The monoisotopic (exact) mass is 281 g/mol. The molecule has 0 spiro atoms. The zero-order valence-corrected chi connectivity index (χ0v) is 12.1. The van der Waals surface area contributed by atoms with Crippen molar-refractivity contribution in [2.24, 2.45) is 29.4 Å². The molecule has 5 unspecified atom stereocenters. The molecule has 1 saturated carbocycles. The van der Waals surface area contributed by atoms with E-state index in [4.69, 9.17) is 10.5 Å². The summed E-state index contributed by atoms with van der Waals surface area (Å²) in [6, 6.07) is 0. The number of hydrogen-bond acceptors (Lipinski definition) is 4. The SMILES string of the molecule is CC1CC(C)C(=O)C(C2CC(CC(N)=O)CC(=O)O2)C1. The minimum absolute atomic E-state index is 0.0268. The lowest BCUT2D eigenvalue weighted by Crippen LogP contribution is -2.44. The average Bonchev–Trinajstić information content (AvgIpc) is 2.32. The van der Waals surface area contributed by atoms with Crippen LogP contribution in [0, 0.1) is 23.7 Å². The number of nitrogens with two attached hydrogens (primary N) is 1. The Morgan fingerprint density at radius 3 is 2.60 bits per heavy atom. The van der Waals surface area contributed by atoms with Gasteiger partial charge in [-0.3, -0.25) is 14.4 Å². The molecule has 0 aromatic heterocycles.